The van der Waals surface area contributed by atoms with Crippen molar-refractivity contribution < 1.29 is 0 Å². The number of rotatable bonds is 4. The topological polar surface area (TPSA) is 53.5 Å². The average Bonchev–Trinajstić information content (AvgIpc) is 3.26. The molecule has 0 N–H and O–H groups in total. The van der Waals surface area contributed by atoms with Crippen LogP contribution in [0.2, 0.25) is 0 Å². The second-order valence-electron chi connectivity index (χ2n) is 7.16. The van der Waals surface area contributed by atoms with Crippen molar-refractivity contribution in [3.63, 3.8) is 0 Å². The third-order valence-corrected chi connectivity index (χ3v) is 4.81. The molecule has 0 amide bonds. The van der Waals surface area contributed by atoms with Gasteiger partial charge in [-0.3, -0.25) is 14.0 Å². The van der Waals surface area contributed by atoms with Crippen LogP contribution in [0.15, 0.2) is 42.7 Å². The van der Waals surface area contributed by atoms with Gasteiger partial charge in [0.2, 0.25) is 0 Å². The van der Waals surface area contributed by atoms with Crippen LogP contribution in [0.4, 0.5) is 0 Å². The Morgan fingerprint density at radius 2 is 1.37 bits per heavy atom. The van der Waals surface area contributed by atoms with Crippen LogP contribution in [0.1, 0.15) is 22.5 Å². The molecule has 27 heavy (non-hydrogen) atoms. The number of hydrogen-bond acceptors (Lipinski definition) is 3. The smallest absolute Gasteiger partial charge is 0.0964 e. The summed E-state index contributed by atoms with van der Waals surface area (Å²) in [5, 5.41) is 13.9. The highest BCUT2D eigenvalue weighted by Gasteiger charge is 2.18. The summed E-state index contributed by atoms with van der Waals surface area (Å²) in [6.07, 6.45) is 4.08. The zero-order valence-electron chi connectivity index (χ0n) is 16.4. The number of aromatic nitrogens is 6. The average molecular weight is 360 g/mol. The third kappa shape index (κ3) is 3.30. The van der Waals surface area contributed by atoms with Gasteiger partial charge in [0, 0.05) is 37.6 Å². The van der Waals surface area contributed by atoms with Gasteiger partial charge in [-0.15, -0.1) is 0 Å². The van der Waals surface area contributed by atoms with Crippen LogP contribution >= 0.6 is 0 Å². The highest BCUT2D eigenvalue weighted by atomic mass is 15.3. The van der Waals surface area contributed by atoms with Gasteiger partial charge in [0.1, 0.15) is 0 Å². The molecular weight excluding hydrogens is 336 g/mol. The molecule has 4 aromatic rings. The van der Waals surface area contributed by atoms with Gasteiger partial charge in [0.15, 0.2) is 0 Å². The van der Waals surface area contributed by atoms with Crippen molar-refractivity contribution in [1.82, 2.24) is 29.3 Å². The van der Waals surface area contributed by atoms with Gasteiger partial charge >= 0.3 is 0 Å². The summed E-state index contributed by atoms with van der Waals surface area (Å²) in [6.45, 7) is 6.87. The van der Waals surface area contributed by atoms with Crippen LogP contribution < -0.4 is 0 Å². The molecule has 0 aliphatic carbocycles. The fraction of sp³-hybridized carbons (Fsp3) is 0.286. The molecule has 0 unspecified atom stereocenters. The summed E-state index contributed by atoms with van der Waals surface area (Å²) in [5.41, 5.74) is 8.62. The SMILES string of the molecule is Cc1ccc(Cn2nc(-c3cn(C)nc3C)cc2-c2cn(C)nc2C)cc1. The fourth-order valence-corrected chi connectivity index (χ4v) is 3.45. The lowest BCUT2D eigenvalue weighted by Crippen LogP contribution is -2.04. The Bertz CT molecular complexity index is 1090. The van der Waals surface area contributed by atoms with E-state index >= 15 is 0 Å². The molecule has 0 spiro atoms. The number of nitrogens with zero attached hydrogens (tertiary/aromatic N) is 6. The van der Waals surface area contributed by atoms with E-state index in [0.717, 1.165) is 33.9 Å². The van der Waals surface area contributed by atoms with Crippen molar-refractivity contribution in [2.75, 3.05) is 0 Å². The van der Waals surface area contributed by atoms with E-state index < -0.39 is 0 Å². The van der Waals surface area contributed by atoms with Crippen molar-refractivity contribution >= 4 is 0 Å². The number of aryl methyl sites for hydroxylation is 5. The zero-order valence-corrected chi connectivity index (χ0v) is 16.4. The zero-order chi connectivity index (χ0) is 19.1. The highest BCUT2D eigenvalue weighted by Crippen LogP contribution is 2.29. The van der Waals surface area contributed by atoms with Crippen molar-refractivity contribution in [3.05, 3.63) is 65.2 Å². The summed E-state index contributed by atoms with van der Waals surface area (Å²) in [5.74, 6) is 0. The standard InChI is InChI=1S/C21H24N6/c1-14-6-8-17(9-7-14)11-27-21(19-13-26(5)23-16(19)3)10-20(24-27)18-12-25(4)22-15(18)2/h6-10,12-13H,11H2,1-5H3. The normalized spacial score (nSPS) is 11.3. The van der Waals surface area contributed by atoms with E-state index in [-0.39, 0.29) is 0 Å². The molecule has 6 nitrogen and oxygen atoms in total. The van der Waals surface area contributed by atoms with Crippen LogP contribution in [0.3, 0.4) is 0 Å². The monoisotopic (exact) mass is 360 g/mol. The molecule has 6 heteroatoms. The largest absolute Gasteiger partial charge is 0.275 e. The van der Waals surface area contributed by atoms with E-state index in [1.54, 1.807) is 0 Å². The molecule has 0 saturated heterocycles. The van der Waals surface area contributed by atoms with E-state index in [2.05, 4.69) is 58.3 Å². The van der Waals surface area contributed by atoms with Gasteiger partial charge in [-0.2, -0.15) is 15.3 Å². The molecule has 0 radical (unpaired) electrons. The van der Waals surface area contributed by atoms with E-state index in [1.165, 1.54) is 11.1 Å². The van der Waals surface area contributed by atoms with E-state index in [0.29, 0.717) is 6.54 Å². The lowest BCUT2D eigenvalue weighted by molar-refractivity contribution is 0.696. The van der Waals surface area contributed by atoms with Crippen LogP contribution in [0.5, 0.6) is 0 Å². The van der Waals surface area contributed by atoms with Crippen molar-refractivity contribution in [3.8, 4) is 22.5 Å². The predicted molar refractivity (Wildman–Crippen MR) is 106 cm³/mol. The van der Waals surface area contributed by atoms with Gasteiger partial charge in [0.05, 0.1) is 29.3 Å². The molecule has 3 heterocycles. The van der Waals surface area contributed by atoms with Crippen LogP contribution in [-0.2, 0) is 20.6 Å². The van der Waals surface area contributed by atoms with Crippen LogP contribution in [-0.4, -0.2) is 29.3 Å². The minimum Gasteiger partial charge on any atom is -0.275 e. The van der Waals surface area contributed by atoms with Gasteiger partial charge < -0.3 is 0 Å². The molecule has 0 aliphatic rings. The van der Waals surface area contributed by atoms with E-state index in [9.17, 15) is 0 Å². The quantitative estimate of drug-likeness (QED) is 0.558. The maximum Gasteiger partial charge on any atom is 0.0964 e. The van der Waals surface area contributed by atoms with Gasteiger partial charge in [-0.1, -0.05) is 29.8 Å². The third-order valence-electron chi connectivity index (χ3n) is 4.81. The first-order valence-corrected chi connectivity index (χ1v) is 9.05. The molecule has 138 valence electrons. The Labute approximate surface area is 159 Å². The van der Waals surface area contributed by atoms with Gasteiger partial charge in [-0.05, 0) is 32.4 Å². The first-order chi connectivity index (χ1) is 12.9. The lowest BCUT2D eigenvalue weighted by atomic mass is 10.1. The lowest BCUT2D eigenvalue weighted by Gasteiger charge is -2.07. The minimum atomic E-state index is 0.712. The Morgan fingerprint density at radius 1 is 0.778 bits per heavy atom. The van der Waals surface area contributed by atoms with E-state index in [1.807, 2.05) is 43.5 Å². The Balaban J connectivity index is 1.83. The molecule has 0 saturated carbocycles. The van der Waals surface area contributed by atoms with Gasteiger partial charge in [0.25, 0.3) is 0 Å². The molecule has 1 aromatic carbocycles. The first-order valence-electron chi connectivity index (χ1n) is 9.05. The molecule has 0 aliphatic heterocycles. The number of hydrogen-bond donors (Lipinski definition) is 0. The van der Waals surface area contributed by atoms with Gasteiger partial charge in [-0.25, -0.2) is 0 Å². The van der Waals surface area contributed by atoms with Crippen molar-refractivity contribution in [2.45, 2.75) is 27.3 Å². The van der Waals surface area contributed by atoms with E-state index in [4.69, 9.17) is 5.10 Å². The van der Waals surface area contributed by atoms with Crippen LogP contribution in [0.25, 0.3) is 22.5 Å². The fourth-order valence-electron chi connectivity index (χ4n) is 3.45. The highest BCUT2D eigenvalue weighted by molar-refractivity contribution is 5.70. The Kier molecular flexibility index (Phi) is 4.18. The molecule has 0 fully saturated rings. The summed E-state index contributed by atoms with van der Waals surface area (Å²) in [4.78, 5) is 0. The molecule has 3 aromatic heterocycles. The summed E-state index contributed by atoms with van der Waals surface area (Å²) in [6, 6.07) is 10.7. The second-order valence-corrected chi connectivity index (χ2v) is 7.16. The minimum absolute atomic E-state index is 0.712. The Hall–Kier alpha value is -3.15. The van der Waals surface area contributed by atoms with Crippen molar-refractivity contribution in [2.24, 2.45) is 14.1 Å². The molecule has 0 bridgehead atoms. The summed E-state index contributed by atoms with van der Waals surface area (Å²) >= 11 is 0. The summed E-state index contributed by atoms with van der Waals surface area (Å²) < 4.78 is 5.75. The van der Waals surface area contributed by atoms with Crippen molar-refractivity contribution in [1.29, 1.82) is 0 Å². The molecular formula is C21H24N6. The number of benzene rings is 1. The molecule has 0 atom stereocenters. The maximum atomic E-state index is 4.93. The maximum absolute atomic E-state index is 4.93. The molecule has 4 rings (SSSR count). The van der Waals surface area contributed by atoms with Crippen LogP contribution in [0, 0.1) is 20.8 Å². The predicted octanol–water partition coefficient (Wildman–Crippen LogP) is 3.66. The first kappa shape index (κ1) is 17.3. The second kappa shape index (κ2) is 6.54. The summed E-state index contributed by atoms with van der Waals surface area (Å²) in [7, 11) is 3.88. The Morgan fingerprint density at radius 3 is 1.93 bits per heavy atom.